The van der Waals surface area contributed by atoms with Crippen molar-refractivity contribution in [3.05, 3.63) is 64.9 Å². The van der Waals surface area contributed by atoms with Crippen LogP contribution in [0.25, 0.3) is 22.0 Å². The van der Waals surface area contributed by atoms with Crippen LogP contribution in [0.4, 0.5) is 19.1 Å². The molecule has 1 saturated heterocycles. The lowest BCUT2D eigenvalue weighted by atomic mass is 9.89. The topological polar surface area (TPSA) is 154 Å². The number of carbonyl (C=O) groups is 4. The molecule has 14 heteroatoms. The average Bonchev–Trinajstić information content (AvgIpc) is 3.50. The number of rotatable bonds is 5. The van der Waals surface area contributed by atoms with Gasteiger partial charge in [0.1, 0.15) is 23.7 Å². The van der Waals surface area contributed by atoms with Crippen molar-refractivity contribution in [3.63, 3.8) is 0 Å². The molecule has 4 aromatic rings. The molecule has 1 saturated carbocycles. The van der Waals surface area contributed by atoms with Gasteiger partial charge in [-0.15, -0.1) is 0 Å². The maximum atomic E-state index is 14.5. The van der Waals surface area contributed by atoms with Crippen molar-refractivity contribution in [1.82, 2.24) is 29.6 Å². The molecule has 5 heterocycles. The minimum Gasteiger partial charge on any atom is -0.368 e. The zero-order valence-electron chi connectivity index (χ0n) is 29.1. The summed E-state index contributed by atoms with van der Waals surface area (Å²) in [6.45, 7) is 2.77. The van der Waals surface area contributed by atoms with Gasteiger partial charge in [0, 0.05) is 49.2 Å². The van der Waals surface area contributed by atoms with E-state index in [0.717, 1.165) is 42.9 Å². The number of Topliss-reactive ketones (excluding diaryl/α,β-unsaturated/α-hetero) is 3. The summed E-state index contributed by atoms with van der Waals surface area (Å²) in [6.07, 6.45) is 4.40. The first-order chi connectivity index (χ1) is 24.7. The van der Waals surface area contributed by atoms with Crippen molar-refractivity contribution >= 4 is 40.1 Å². The molecule has 2 fully saturated rings. The van der Waals surface area contributed by atoms with E-state index in [4.69, 9.17) is 5.73 Å². The van der Waals surface area contributed by atoms with E-state index >= 15 is 0 Å². The van der Waals surface area contributed by atoms with E-state index in [2.05, 4.69) is 20.1 Å². The van der Waals surface area contributed by atoms with E-state index < -0.39 is 29.1 Å². The second-order valence-corrected chi connectivity index (χ2v) is 14.6. The number of piperidine rings is 1. The predicted octanol–water partition coefficient (Wildman–Crippen LogP) is 6.03. The number of nitrogens with zero attached hydrogens (tertiary/aromatic N) is 6. The van der Waals surface area contributed by atoms with Crippen LogP contribution in [-0.2, 0) is 39.9 Å². The Labute approximate surface area is 298 Å². The Balaban J connectivity index is 1.28. The summed E-state index contributed by atoms with van der Waals surface area (Å²) < 4.78 is 42.1. The zero-order valence-corrected chi connectivity index (χ0v) is 29.1. The Morgan fingerprint density at radius 1 is 0.981 bits per heavy atom. The van der Waals surface area contributed by atoms with Gasteiger partial charge in [-0.1, -0.05) is 18.9 Å². The number of hydrogen-bond donors (Lipinski definition) is 1. The maximum Gasteiger partial charge on any atom is 0.433 e. The molecular weight excluding hydrogens is 675 g/mol. The second-order valence-electron chi connectivity index (χ2n) is 14.6. The summed E-state index contributed by atoms with van der Waals surface area (Å²) in [4.78, 5) is 68.0. The molecule has 2 bridgehead atoms. The first kappa shape index (κ1) is 35.4. The largest absolute Gasteiger partial charge is 0.433 e. The van der Waals surface area contributed by atoms with E-state index in [-0.39, 0.29) is 53.8 Å². The molecule has 3 atom stereocenters. The summed E-state index contributed by atoms with van der Waals surface area (Å²) in [5.74, 6) is -0.783. The maximum absolute atomic E-state index is 14.5. The van der Waals surface area contributed by atoms with Gasteiger partial charge >= 0.3 is 6.18 Å². The van der Waals surface area contributed by atoms with Crippen LogP contribution in [-0.4, -0.2) is 65.0 Å². The Morgan fingerprint density at radius 2 is 1.71 bits per heavy atom. The Bertz CT molecular complexity index is 2090. The molecule has 3 aromatic heterocycles. The lowest BCUT2D eigenvalue weighted by Crippen LogP contribution is -2.45. The molecule has 0 spiro atoms. The van der Waals surface area contributed by atoms with Crippen molar-refractivity contribution in [1.29, 1.82) is 0 Å². The van der Waals surface area contributed by atoms with Crippen LogP contribution in [0.5, 0.6) is 0 Å². The standard InChI is InChI=1S/C38H40F3N7O4/c1-21-9-10-31(38(39,40)41)45-28(21)15-30(51)29-16-37-12-11-26(50)8-6-4-3-5-7-23-13-24(25-18-43-36(42)44-19-25)14-27-34(22(2)49)46-47(35(23)27)20-33(52)48(29)32(37)17-37/h9-10,13-14,18-19,29,32H,3-8,11-12,15-17,20H2,1-2H3,(H2,42,43,44)/t29-,32+,37-/m0/s1. The molecule has 272 valence electrons. The van der Waals surface area contributed by atoms with Crippen molar-refractivity contribution < 1.29 is 32.3 Å². The van der Waals surface area contributed by atoms with Crippen molar-refractivity contribution in [2.24, 2.45) is 5.41 Å². The smallest absolute Gasteiger partial charge is 0.368 e. The quantitative estimate of drug-likeness (QED) is 0.244. The molecule has 1 aliphatic carbocycles. The monoisotopic (exact) mass is 715 g/mol. The van der Waals surface area contributed by atoms with E-state index in [1.165, 1.54) is 13.0 Å². The van der Waals surface area contributed by atoms with Gasteiger partial charge in [-0.2, -0.15) is 18.3 Å². The third kappa shape index (κ3) is 6.82. The highest BCUT2D eigenvalue weighted by molar-refractivity contribution is 6.07. The van der Waals surface area contributed by atoms with Gasteiger partial charge in [-0.05, 0) is 85.8 Å². The van der Waals surface area contributed by atoms with Crippen molar-refractivity contribution in [2.75, 3.05) is 5.73 Å². The van der Waals surface area contributed by atoms with Gasteiger partial charge in [0.15, 0.2) is 11.6 Å². The highest BCUT2D eigenvalue weighted by atomic mass is 19.4. The molecule has 1 aromatic carbocycles. The minimum absolute atomic E-state index is 0.0163. The van der Waals surface area contributed by atoms with E-state index in [1.54, 1.807) is 28.9 Å². The highest BCUT2D eigenvalue weighted by Gasteiger charge is 2.66. The number of pyridine rings is 1. The second kappa shape index (κ2) is 13.5. The number of aromatic nitrogens is 5. The Kier molecular flexibility index (Phi) is 9.20. The molecule has 52 heavy (non-hydrogen) atoms. The lowest BCUT2D eigenvalue weighted by Gasteiger charge is -2.27. The first-order valence-corrected chi connectivity index (χ1v) is 17.8. The molecule has 2 aliphatic heterocycles. The number of aryl methyl sites for hydroxylation is 2. The first-order valence-electron chi connectivity index (χ1n) is 17.8. The SMILES string of the molecule is CC(=O)c1nn2c3c(cc(-c4cnc(N)nc4)cc13)CCCCCCC(=O)CC[C@@]13C[C@@H](C(=O)Cc4nc(C(F)(F)F)ccc4C)N(C(=O)C2)[C@@H]1C3. The summed E-state index contributed by atoms with van der Waals surface area (Å²) in [6, 6.07) is 4.82. The fraction of sp³-hybridized carbons (Fsp3) is 0.474. The van der Waals surface area contributed by atoms with E-state index in [1.807, 2.05) is 12.1 Å². The Morgan fingerprint density at radius 3 is 2.42 bits per heavy atom. The van der Waals surface area contributed by atoms with Gasteiger partial charge in [-0.25, -0.2) is 15.0 Å². The molecule has 3 aliphatic rings. The van der Waals surface area contributed by atoms with Crippen molar-refractivity contribution in [3.8, 4) is 11.1 Å². The fourth-order valence-corrected chi connectivity index (χ4v) is 8.16. The third-order valence-electron chi connectivity index (χ3n) is 11.0. The number of benzene rings is 1. The number of anilines is 1. The van der Waals surface area contributed by atoms with Gasteiger partial charge < -0.3 is 10.6 Å². The number of carbonyl (C=O) groups excluding carboxylic acids is 4. The van der Waals surface area contributed by atoms with Crippen LogP contribution in [0.15, 0.2) is 36.7 Å². The molecule has 7 rings (SSSR count). The molecular formula is C38H40F3N7O4. The van der Waals surface area contributed by atoms with E-state index in [0.29, 0.717) is 60.6 Å². The molecule has 2 N–H and O–H groups in total. The number of alkyl halides is 3. The fourth-order valence-electron chi connectivity index (χ4n) is 8.16. The number of halogens is 3. The van der Waals surface area contributed by atoms with E-state index in [9.17, 15) is 32.3 Å². The summed E-state index contributed by atoms with van der Waals surface area (Å²) >= 11 is 0. The van der Waals surface area contributed by atoms with Gasteiger partial charge in [0.05, 0.1) is 23.7 Å². The lowest BCUT2D eigenvalue weighted by molar-refractivity contribution is -0.141. The zero-order chi connectivity index (χ0) is 36.9. The van der Waals surface area contributed by atoms with Crippen LogP contribution in [0.1, 0.15) is 97.7 Å². The number of nitrogen functional groups attached to an aromatic ring is 1. The number of ketones is 3. The minimum atomic E-state index is -4.67. The molecule has 1 amide bonds. The average molecular weight is 716 g/mol. The highest BCUT2D eigenvalue weighted by Crippen LogP contribution is 2.62. The molecule has 0 radical (unpaired) electrons. The van der Waals surface area contributed by atoms with Gasteiger partial charge in [0.25, 0.3) is 0 Å². The van der Waals surface area contributed by atoms with Crippen molar-refractivity contribution in [2.45, 2.75) is 109 Å². The molecule has 0 unspecified atom stereocenters. The van der Waals surface area contributed by atoms with Crippen LogP contribution >= 0.6 is 0 Å². The number of hydrogen-bond acceptors (Lipinski definition) is 9. The summed E-state index contributed by atoms with van der Waals surface area (Å²) in [5, 5.41) is 5.25. The van der Waals surface area contributed by atoms with Crippen LogP contribution in [0, 0.1) is 12.3 Å². The summed E-state index contributed by atoms with van der Waals surface area (Å²) in [5.41, 5.74) is 7.87. The van der Waals surface area contributed by atoms with Crippen LogP contribution in [0.2, 0.25) is 0 Å². The predicted molar refractivity (Wildman–Crippen MR) is 185 cm³/mol. The van der Waals surface area contributed by atoms with Crippen LogP contribution < -0.4 is 5.73 Å². The third-order valence-corrected chi connectivity index (χ3v) is 11.0. The normalized spacial score (nSPS) is 22.7. The van der Waals surface area contributed by atoms with Gasteiger partial charge in [-0.3, -0.25) is 23.9 Å². The number of amides is 1. The number of nitrogens with two attached hydrogens (primary N) is 1. The van der Waals surface area contributed by atoms with Gasteiger partial charge in [0.2, 0.25) is 11.9 Å². The molecule has 11 nitrogen and oxygen atoms in total. The Hall–Kier alpha value is -5.01. The van der Waals surface area contributed by atoms with Crippen LogP contribution in [0.3, 0.4) is 0 Å². The summed E-state index contributed by atoms with van der Waals surface area (Å²) in [7, 11) is 0.